The zero-order chi connectivity index (χ0) is 12.2. The van der Waals surface area contributed by atoms with Crippen LogP contribution in [0.5, 0.6) is 5.75 Å². The Bertz CT molecular complexity index is 331. The molecule has 2 N–H and O–H groups in total. The van der Waals surface area contributed by atoms with E-state index in [0.717, 1.165) is 11.3 Å². The van der Waals surface area contributed by atoms with E-state index in [1.165, 1.54) is 0 Å². The molecule has 1 atom stereocenters. The third kappa shape index (κ3) is 3.83. The highest BCUT2D eigenvalue weighted by molar-refractivity contribution is 5.35. The molecule has 0 spiro atoms. The van der Waals surface area contributed by atoms with Gasteiger partial charge in [-0.3, -0.25) is 0 Å². The number of hydrogen-bond donors (Lipinski definition) is 1. The molecule has 0 aliphatic heterocycles. The Balaban J connectivity index is 2.69. The normalized spacial score (nSPS) is 13.6. The molecule has 0 amide bonds. The Labute approximate surface area is 97.6 Å². The molecule has 0 saturated carbocycles. The molecule has 3 nitrogen and oxygen atoms in total. The molecule has 0 fully saturated rings. The van der Waals surface area contributed by atoms with Crippen molar-refractivity contribution < 1.29 is 9.47 Å². The molecule has 1 aromatic carbocycles. The van der Waals surface area contributed by atoms with Gasteiger partial charge in [0.05, 0.1) is 25.4 Å². The summed E-state index contributed by atoms with van der Waals surface area (Å²) >= 11 is 0. The molecule has 0 aromatic heterocycles. The van der Waals surface area contributed by atoms with E-state index in [2.05, 4.69) is 0 Å². The SMILES string of the molecule is COc1ccccc1C(N)COC(C)(C)C. The number of hydrogen-bond acceptors (Lipinski definition) is 3. The predicted molar refractivity (Wildman–Crippen MR) is 65.6 cm³/mol. The van der Waals surface area contributed by atoms with Crippen LogP contribution in [0.3, 0.4) is 0 Å². The lowest BCUT2D eigenvalue weighted by molar-refractivity contribution is -0.0104. The average molecular weight is 223 g/mol. The topological polar surface area (TPSA) is 44.5 Å². The van der Waals surface area contributed by atoms with Gasteiger partial charge >= 0.3 is 0 Å². The minimum atomic E-state index is -0.167. The number of nitrogens with two attached hydrogens (primary N) is 1. The number of methoxy groups -OCH3 is 1. The first-order chi connectivity index (χ1) is 7.44. The van der Waals surface area contributed by atoms with E-state index in [-0.39, 0.29) is 11.6 Å². The summed E-state index contributed by atoms with van der Waals surface area (Å²) in [6, 6.07) is 7.60. The monoisotopic (exact) mass is 223 g/mol. The summed E-state index contributed by atoms with van der Waals surface area (Å²) in [5.74, 6) is 0.813. The van der Waals surface area contributed by atoms with Crippen LogP contribution in [0.1, 0.15) is 32.4 Å². The van der Waals surface area contributed by atoms with Crippen LogP contribution >= 0.6 is 0 Å². The van der Waals surface area contributed by atoms with E-state index < -0.39 is 0 Å². The van der Waals surface area contributed by atoms with Gasteiger partial charge in [0, 0.05) is 5.56 Å². The van der Waals surface area contributed by atoms with Crippen LogP contribution in [0.25, 0.3) is 0 Å². The Hall–Kier alpha value is -1.06. The van der Waals surface area contributed by atoms with Gasteiger partial charge in [0.1, 0.15) is 5.75 Å². The molecule has 16 heavy (non-hydrogen) atoms. The van der Waals surface area contributed by atoms with Gasteiger partial charge in [-0.25, -0.2) is 0 Å². The second kappa shape index (κ2) is 5.32. The van der Waals surface area contributed by atoms with Gasteiger partial charge < -0.3 is 15.2 Å². The largest absolute Gasteiger partial charge is 0.496 e. The molecule has 3 heteroatoms. The quantitative estimate of drug-likeness (QED) is 0.853. The number of rotatable bonds is 4. The van der Waals surface area contributed by atoms with Crippen molar-refractivity contribution in [3.63, 3.8) is 0 Å². The summed E-state index contributed by atoms with van der Waals surface area (Å²) in [6.07, 6.45) is 0. The lowest BCUT2D eigenvalue weighted by atomic mass is 10.1. The summed E-state index contributed by atoms with van der Waals surface area (Å²) in [6.45, 7) is 6.54. The van der Waals surface area contributed by atoms with Crippen molar-refractivity contribution in [1.29, 1.82) is 0 Å². The maximum Gasteiger partial charge on any atom is 0.123 e. The van der Waals surface area contributed by atoms with E-state index in [1.807, 2.05) is 45.0 Å². The second-order valence-electron chi connectivity index (χ2n) is 4.77. The fraction of sp³-hybridized carbons (Fsp3) is 0.538. The van der Waals surface area contributed by atoms with Crippen molar-refractivity contribution in [1.82, 2.24) is 0 Å². The molecule has 0 radical (unpaired) electrons. The molecule has 0 aliphatic rings. The smallest absolute Gasteiger partial charge is 0.123 e. The van der Waals surface area contributed by atoms with Gasteiger partial charge in [-0.15, -0.1) is 0 Å². The Morgan fingerprint density at radius 2 is 1.88 bits per heavy atom. The van der Waals surface area contributed by atoms with Crippen LogP contribution in [0.15, 0.2) is 24.3 Å². The zero-order valence-electron chi connectivity index (χ0n) is 10.5. The van der Waals surface area contributed by atoms with Crippen molar-refractivity contribution >= 4 is 0 Å². The zero-order valence-corrected chi connectivity index (χ0v) is 10.5. The van der Waals surface area contributed by atoms with Crippen molar-refractivity contribution in [2.45, 2.75) is 32.4 Å². The van der Waals surface area contributed by atoms with Crippen LogP contribution in [0, 0.1) is 0 Å². The maximum absolute atomic E-state index is 6.07. The third-order valence-electron chi connectivity index (χ3n) is 2.23. The Morgan fingerprint density at radius 1 is 1.25 bits per heavy atom. The van der Waals surface area contributed by atoms with E-state index in [1.54, 1.807) is 7.11 Å². The van der Waals surface area contributed by atoms with E-state index in [9.17, 15) is 0 Å². The number of benzene rings is 1. The van der Waals surface area contributed by atoms with Crippen molar-refractivity contribution in [2.24, 2.45) is 5.73 Å². The standard InChI is InChI=1S/C13H21NO2/c1-13(2,3)16-9-11(14)10-7-5-6-8-12(10)15-4/h5-8,11H,9,14H2,1-4H3. The molecule has 0 saturated heterocycles. The van der Waals surface area contributed by atoms with E-state index in [4.69, 9.17) is 15.2 Å². The number of ether oxygens (including phenoxy) is 2. The third-order valence-corrected chi connectivity index (χ3v) is 2.23. The Kier molecular flexibility index (Phi) is 4.33. The summed E-state index contributed by atoms with van der Waals surface area (Å²) in [4.78, 5) is 0. The second-order valence-corrected chi connectivity index (χ2v) is 4.77. The van der Waals surface area contributed by atoms with Gasteiger partial charge in [-0.2, -0.15) is 0 Å². The van der Waals surface area contributed by atoms with Crippen LogP contribution in [-0.4, -0.2) is 19.3 Å². The number of para-hydroxylation sites is 1. The van der Waals surface area contributed by atoms with Gasteiger partial charge in [-0.1, -0.05) is 18.2 Å². The molecular weight excluding hydrogens is 202 g/mol. The van der Waals surface area contributed by atoms with Crippen molar-refractivity contribution in [2.75, 3.05) is 13.7 Å². The summed E-state index contributed by atoms with van der Waals surface area (Å²) in [7, 11) is 1.65. The molecule has 0 aliphatic carbocycles. The van der Waals surface area contributed by atoms with Crippen LogP contribution in [0.2, 0.25) is 0 Å². The van der Waals surface area contributed by atoms with Gasteiger partial charge in [0.15, 0.2) is 0 Å². The molecule has 1 aromatic rings. The van der Waals surface area contributed by atoms with Gasteiger partial charge in [0.25, 0.3) is 0 Å². The molecule has 1 unspecified atom stereocenters. The molecule has 0 bridgehead atoms. The first kappa shape index (κ1) is 13.0. The first-order valence-corrected chi connectivity index (χ1v) is 5.46. The summed E-state index contributed by atoms with van der Waals surface area (Å²) in [5, 5.41) is 0. The highest BCUT2D eigenvalue weighted by atomic mass is 16.5. The lowest BCUT2D eigenvalue weighted by Crippen LogP contribution is -2.26. The molecule has 90 valence electrons. The molecular formula is C13H21NO2. The first-order valence-electron chi connectivity index (χ1n) is 5.46. The molecule has 1 rings (SSSR count). The average Bonchev–Trinajstić information content (AvgIpc) is 2.25. The summed E-state index contributed by atoms with van der Waals surface area (Å²) in [5.41, 5.74) is 6.89. The minimum absolute atomic E-state index is 0.157. The van der Waals surface area contributed by atoms with Gasteiger partial charge in [-0.05, 0) is 26.8 Å². The van der Waals surface area contributed by atoms with Crippen LogP contribution < -0.4 is 10.5 Å². The molecule has 0 heterocycles. The van der Waals surface area contributed by atoms with Crippen LogP contribution in [0.4, 0.5) is 0 Å². The minimum Gasteiger partial charge on any atom is -0.496 e. The van der Waals surface area contributed by atoms with Crippen molar-refractivity contribution in [3.8, 4) is 5.75 Å². The maximum atomic E-state index is 6.07. The Morgan fingerprint density at radius 3 is 2.44 bits per heavy atom. The fourth-order valence-electron chi connectivity index (χ4n) is 1.40. The predicted octanol–water partition coefficient (Wildman–Crippen LogP) is 2.51. The fourth-order valence-corrected chi connectivity index (χ4v) is 1.40. The van der Waals surface area contributed by atoms with E-state index in [0.29, 0.717) is 6.61 Å². The highest BCUT2D eigenvalue weighted by Gasteiger charge is 2.16. The van der Waals surface area contributed by atoms with Gasteiger partial charge in [0.2, 0.25) is 0 Å². The van der Waals surface area contributed by atoms with Crippen LogP contribution in [-0.2, 0) is 4.74 Å². The van der Waals surface area contributed by atoms with E-state index >= 15 is 0 Å². The summed E-state index contributed by atoms with van der Waals surface area (Å²) < 4.78 is 10.9. The lowest BCUT2D eigenvalue weighted by Gasteiger charge is -2.23. The highest BCUT2D eigenvalue weighted by Crippen LogP contribution is 2.24. The van der Waals surface area contributed by atoms with Crippen molar-refractivity contribution in [3.05, 3.63) is 29.8 Å².